The van der Waals surface area contributed by atoms with Crippen molar-refractivity contribution in [2.45, 2.75) is 45.3 Å². The summed E-state index contributed by atoms with van der Waals surface area (Å²) >= 11 is 0. The third-order valence-corrected chi connectivity index (χ3v) is 3.95. The molecule has 1 fully saturated rings. The van der Waals surface area contributed by atoms with E-state index in [9.17, 15) is 18.0 Å². The number of benzene rings is 1. The topological polar surface area (TPSA) is 32.3 Å². The van der Waals surface area contributed by atoms with Crippen molar-refractivity contribution in [2.75, 3.05) is 13.1 Å². The quantitative estimate of drug-likeness (QED) is 0.789. The lowest BCUT2D eigenvalue weighted by Crippen LogP contribution is -2.42. The lowest BCUT2D eigenvalue weighted by molar-refractivity contribution is -0.137. The van der Waals surface area contributed by atoms with Crippen LogP contribution in [0.25, 0.3) is 0 Å². The predicted molar refractivity (Wildman–Crippen MR) is 90.9 cm³/mol. The van der Waals surface area contributed by atoms with Gasteiger partial charge in [0.25, 0.3) is 0 Å². The molecule has 0 spiro atoms. The average Bonchev–Trinajstić information content (AvgIpc) is 3.36. The van der Waals surface area contributed by atoms with Crippen LogP contribution in [0.5, 0.6) is 0 Å². The number of nitrogens with one attached hydrogen (secondary N) is 1. The van der Waals surface area contributed by atoms with Gasteiger partial charge in [-0.3, -0.25) is 0 Å². The Kier molecular flexibility index (Phi) is 6.35. The van der Waals surface area contributed by atoms with Crippen molar-refractivity contribution in [3.8, 4) is 11.8 Å². The van der Waals surface area contributed by atoms with Gasteiger partial charge >= 0.3 is 12.2 Å². The largest absolute Gasteiger partial charge is 0.416 e. The second kappa shape index (κ2) is 8.28. The molecule has 1 aliphatic rings. The zero-order valence-electron chi connectivity index (χ0n) is 14.5. The maximum absolute atomic E-state index is 12.7. The molecule has 1 N–H and O–H groups in total. The zero-order chi connectivity index (χ0) is 18.4. The molecule has 3 nitrogen and oxygen atoms in total. The summed E-state index contributed by atoms with van der Waals surface area (Å²) in [5, 5.41) is 2.73. The summed E-state index contributed by atoms with van der Waals surface area (Å²) in [4.78, 5) is 14.1. The van der Waals surface area contributed by atoms with Crippen molar-refractivity contribution in [1.82, 2.24) is 10.2 Å². The maximum atomic E-state index is 12.7. The average molecular weight is 352 g/mol. The van der Waals surface area contributed by atoms with Gasteiger partial charge in [-0.1, -0.05) is 31.8 Å². The van der Waals surface area contributed by atoms with E-state index in [1.807, 2.05) is 4.90 Å². The van der Waals surface area contributed by atoms with E-state index in [2.05, 4.69) is 31.0 Å². The van der Waals surface area contributed by atoms with Gasteiger partial charge in [-0.15, -0.1) is 0 Å². The van der Waals surface area contributed by atoms with Gasteiger partial charge < -0.3 is 10.2 Å². The van der Waals surface area contributed by atoms with E-state index in [0.717, 1.165) is 37.9 Å². The Bertz CT molecular complexity index is 655. The molecule has 1 aliphatic carbocycles. The van der Waals surface area contributed by atoms with Crippen molar-refractivity contribution < 1.29 is 18.0 Å². The molecule has 1 aromatic carbocycles. The minimum atomic E-state index is -4.38. The minimum absolute atomic E-state index is 0.111. The summed E-state index contributed by atoms with van der Waals surface area (Å²) in [6.07, 6.45) is -1.38. The maximum Gasteiger partial charge on any atom is 0.416 e. The summed E-state index contributed by atoms with van der Waals surface area (Å²) in [7, 11) is 0. The SMILES string of the molecule is CC(C)CCN(C(=O)NCC#Cc1cccc(C(F)(F)F)c1)C1CC1. The molecule has 0 bridgehead atoms. The number of rotatable bonds is 5. The molecule has 1 saturated carbocycles. The standard InChI is InChI=1S/C19H23F3N2O/c1-14(2)10-12-24(17-8-9-17)18(25)23-11-4-6-15-5-3-7-16(13-15)19(20,21)22/h3,5,7,13-14,17H,8-12H2,1-2H3,(H,23,25). The van der Waals surface area contributed by atoms with Crippen LogP contribution in [0, 0.1) is 17.8 Å². The molecule has 0 atom stereocenters. The molecule has 0 saturated heterocycles. The molecule has 6 heteroatoms. The Hall–Kier alpha value is -2.16. The van der Waals surface area contributed by atoms with Crippen LogP contribution in [0.1, 0.15) is 44.2 Å². The fraction of sp³-hybridized carbons (Fsp3) is 0.526. The van der Waals surface area contributed by atoms with Gasteiger partial charge in [0, 0.05) is 18.2 Å². The molecule has 0 aliphatic heterocycles. The lowest BCUT2D eigenvalue weighted by atomic mass is 10.1. The number of amides is 2. The summed E-state index contributed by atoms with van der Waals surface area (Å²) in [5.74, 6) is 5.90. The fourth-order valence-corrected chi connectivity index (χ4v) is 2.37. The van der Waals surface area contributed by atoms with Crippen molar-refractivity contribution in [1.29, 1.82) is 0 Å². The Morgan fingerprint density at radius 2 is 2.08 bits per heavy atom. The molecular formula is C19H23F3N2O. The Morgan fingerprint density at radius 3 is 2.68 bits per heavy atom. The van der Waals surface area contributed by atoms with Gasteiger partial charge in [0.15, 0.2) is 0 Å². The molecule has 0 unspecified atom stereocenters. The molecule has 1 aromatic rings. The normalized spacial score (nSPS) is 14.0. The third-order valence-electron chi connectivity index (χ3n) is 3.95. The third kappa shape index (κ3) is 6.33. The van der Waals surface area contributed by atoms with E-state index in [4.69, 9.17) is 0 Å². The van der Waals surface area contributed by atoms with Crippen LogP contribution in [0.15, 0.2) is 24.3 Å². The molecular weight excluding hydrogens is 329 g/mol. The Morgan fingerprint density at radius 1 is 1.36 bits per heavy atom. The first-order valence-corrected chi connectivity index (χ1v) is 8.48. The number of hydrogen-bond donors (Lipinski definition) is 1. The second-order valence-corrected chi connectivity index (χ2v) is 6.65. The first-order chi connectivity index (χ1) is 11.8. The molecule has 2 amide bonds. The summed E-state index contributed by atoms with van der Waals surface area (Å²) in [6.45, 7) is 5.06. The molecule has 2 rings (SSSR count). The number of carbonyl (C=O) groups excluding carboxylic acids is 1. The van der Waals surface area contributed by atoms with Crippen molar-refractivity contribution in [3.63, 3.8) is 0 Å². The van der Waals surface area contributed by atoms with Gasteiger partial charge in [-0.05, 0) is 43.4 Å². The number of urea groups is 1. The fourth-order valence-electron chi connectivity index (χ4n) is 2.37. The number of halogens is 3. The minimum Gasteiger partial charge on any atom is -0.327 e. The van der Waals surface area contributed by atoms with Crippen LogP contribution in [0.2, 0.25) is 0 Å². The smallest absolute Gasteiger partial charge is 0.327 e. The highest BCUT2D eigenvalue weighted by Gasteiger charge is 2.32. The van der Waals surface area contributed by atoms with Crippen molar-refractivity contribution in [2.24, 2.45) is 5.92 Å². The lowest BCUT2D eigenvalue weighted by Gasteiger charge is -2.23. The molecule has 0 radical (unpaired) electrons. The summed E-state index contributed by atoms with van der Waals surface area (Å²) in [5.41, 5.74) is -0.445. The Balaban J connectivity index is 1.88. The highest BCUT2D eigenvalue weighted by molar-refractivity contribution is 5.75. The van der Waals surface area contributed by atoms with Gasteiger partial charge in [-0.25, -0.2) is 4.79 Å². The van der Waals surface area contributed by atoms with Gasteiger partial charge in [0.2, 0.25) is 0 Å². The van der Waals surface area contributed by atoms with E-state index in [0.29, 0.717) is 12.0 Å². The molecule has 136 valence electrons. The molecule has 25 heavy (non-hydrogen) atoms. The predicted octanol–water partition coefficient (Wildman–Crippen LogP) is 4.28. The van der Waals surface area contributed by atoms with Crippen LogP contribution in [-0.2, 0) is 6.18 Å². The van der Waals surface area contributed by atoms with Crippen LogP contribution in [0.3, 0.4) is 0 Å². The van der Waals surface area contributed by atoms with Gasteiger partial charge in [0.1, 0.15) is 0 Å². The second-order valence-electron chi connectivity index (χ2n) is 6.65. The molecule has 0 heterocycles. The Labute approximate surface area is 146 Å². The van der Waals surface area contributed by atoms with Crippen LogP contribution in [0.4, 0.5) is 18.0 Å². The number of alkyl halides is 3. The van der Waals surface area contributed by atoms with Gasteiger partial charge in [0.05, 0.1) is 12.1 Å². The number of hydrogen-bond acceptors (Lipinski definition) is 1. The highest BCUT2D eigenvalue weighted by atomic mass is 19.4. The van der Waals surface area contributed by atoms with Crippen LogP contribution in [-0.4, -0.2) is 30.1 Å². The number of carbonyl (C=O) groups is 1. The van der Waals surface area contributed by atoms with E-state index in [1.165, 1.54) is 12.1 Å². The van der Waals surface area contributed by atoms with Crippen LogP contribution < -0.4 is 5.32 Å². The summed E-state index contributed by atoms with van der Waals surface area (Å²) in [6, 6.07) is 5.02. The van der Waals surface area contributed by atoms with E-state index in [1.54, 1.807) is 0 Å². The van der Waals surface area contributed by atoms with Crippen molar-refractivity contribution >= 4 is 6.03 Å². The van der Waals surface area contributed by atoms with Crippen LogP contribution >= 0.6 is 0 Å². The zero-order valence-corrected chi connectivity index (χ0v) is 14.5. The highest BCUT2D eigenvalue weighted by Crippen LogP contribution is 2.29. The summed E-state index contributed by atoms with van der Waals surface area (Å²) < 4.78 is 38.0. The van der Waals surface area contributed by atoms with Crippen molar-refractivity contribution in [3.05, 3.63) is 35.4 Å². The molecule has 0 aromatic heterocycles. The van der Waals surface area contributed by atoms with E-state index < -0.39 is 11.7 Å². The number of nitrogens with zero attached hydrogens (tertiary/aromatic N) is 1. The van der Waals surface area contributed by atoms with E-state index >= 15 is 0 Å². The van der Waals surface area contributed by atoms with Gasteiger partial charge in [-0.2, -0.15) is 13.2 Å². The first-order valence-electron chi connectivity index (χ1n) is 8.48. The first kappa shape index (κ1) is 19.2. The van der Waals surface area contributed by atoms with E-state index in [-0.39, 0.29) is 18.1 Å². The monoisotopic (exact) mass is 352 g/mol.